The van der Waals surface area contributed by atoms with Crippen LogP contribution in [0.1, 0.15) is 21.7 Å². The molecule has 1 amide bonds. The van der Waals surface area contributed by atoms with E-state index in [1.807, 2.05) is 30.3 Å². The minimum Gasteiger partial charge on any atom is -0.472 e. The van der Waals surface area contributed by atoms with Crippen molar-refractivity contribution in [1.82, 2.24) is 19.2 Å². The van der Waals surface area contributed by atoms with Gasteiger partial charge in [-0.3, -0.25) is 4.79 Å². The number of pyridine rings is 1. The first-order valence-electron chi connectivity index (χ1n) is 8.72. The molecule has 2 aromatic heterocycles. The van der Waals surface area contributed by atoms with Gasteiger partial charge >= 0.3 is 10.2 Å². The van der Waals surface area contributed by atoms with Crippen LogP contribution in [-0.2, 0) is 16.8 Å². The zero-order chi connectivity index (χ0) is 21.9. The normalized spacial score (nSPS) is 11.5. The number of hydrogen-bond acceptors (Lipinski definition) is 7. The number of amides is 1. The predicted octanol–water partition coefficient (Wildman–Crippen LogP) is 2.30. The number of nitrogens with zero attached hydrogens (tertiary/aromatic N) is 3. The Balaban J connectivity index is 1.75. The van der Waals surface area contributed by atoms with Gasteiger partial charge in [0.25, 0.3) is 5.91 Å². The quantitative estimate of drug-likeness (QED) is 0.607. The Bertz CT molecular complexity index is 1160. The number of hydrogen-bond donors (Lipinski definition) is 1. The Morgan fingerprint density at radius 1 is 1.27 bits per heavy atom. The molecule has 0 saturated carbocycles. The van der Waals surface area contributed by atoms with Gasteiger partial charge in [0.05, 0.1) is 11.1 Å². The molecule has 0 atom stereocenters. The van der Waals surface area contributed by atoms with E-state index in [2.05, 4.69) is 10.1 Å². The molecule has 30 heavy (non-hydrogen) atoms. The van der Waals surface area contributed by atoms with Crippen LogP contribution in [-0.4, -0.2) is 42.9 Å². The highest BCUT2D eigenvalue weighted by atomic mass is 32.2. The lowest BCUT2D eigenvalue weighted by Gasteiger charge is -2.12. The number of ether oxygens (including phenoxy) is 1. The summed E-state index contributed by atoms with van der Waals surface area (Å²) < 4.78 is 51.1. The third-order valence-electron chi connectivity index (χ3n) is 4.17. The first-order valence-corrected chi connectivity index (χ1v) is 10.2. The average Bonchev–Trinajstić information content (AvgIpc) is 3.07. The number of aryl methyl sites for hydroxylation is 1. The maximum absolute atomic E-state index is 14.3. The summed E-state index contributed by atoms with van der Waals surface area (Å²) in [6, 6.07) is 10.2. The molecular formula is C19H19FN4O5S. The van der Waals surface area contributed by atoms with Gasteiger partial charge in [-0.1, -0.05) is 35.5 Å². The maximum atomic E-state index is 14.3. The van der Waals surface area contributed by atoms with Crippen molar-refractivity contribution in [3.63, 3.8) is 0 Å². The standard InChI is InChI=1S/C19H19FN4O5S/c1-12-15(18(22-29-12)13-7-5-4-6-8-13)11-28-17-9-16(20)14(10-21-17)19(25)23-30(26,27)24(2)3/h4-10H,11H2,1-3H3,(H,23,25). The lowest BCUT2D eigenvalue weighted by Crippen LogP contribution is -2.39. The molecule has 0 aliphatic rings. The molecule has 158 valence electrons. The number of rotatable bonds is 7. The van der Waals surface area contributed by atoms with Crippen molar-refractivity contribution in [1.29, 1.82) is 0 Å². The number of carbonyl (C=O) groups is 1. The van der Waals surface area contributed by atoms with E-state index >= 15 is 0 Å². The minimum absolute atomic E-state index is 0.00650. The molecule has 9 nitrogen and oxygen atoms in total. The molecule has 0 fully saturated rings. The number of halogens is 1. The summed E-state index contributed by atoms with van der Waals surface area (Å²) in [6.45, 7) is 1.73. The maximum Gasteiger partial charge on any atom is 0.303 e. The summed E-state index contributed by atoms with van der Waals surface area (Å²) in [5.41, 5.74) is 1.57. The van der Waals surface area contributed by atoms with Gasteiger partial charge in [-0.25, -0.2) is 14.1 Å². The monoisotopic (exact) mass is 434 g/mol. The van der Waals surface area contributed by atoms with E-state index in [0.717, 1.165) is 22.1 Å². The van der Waals surface area contributed by atoms with Crippen LogP contribution >= 0.6 is 0 Å². The lowest BCUT2D eigenvalue weighted by atomic mass is 10.1. The molecular weight excluding hydrogens is 415 g/mol. The van der Waals surface area contributed by atoms with Gasteiger partial charge in [0.15, 0.2) is 0 Å². The van der Waals surface area contributed by atoms with Gasteiger partial charge in [-0.2, -0.15) is 12.7 Å². The topological polar surface area (TPSA) is 115 Å². The van der Waals surface area contributed by atoms with Crippen LogP contribution in [0, 0.1) is 12.7 Å². The van der Waals surface area contributed by atoms with E-state index < -0.39 is 27.5 Å². The molecule has 0 spiro atoms. The van der Waals surface area contributed by atoms with Crippen molar-refractivity contribution >= 4 is 16.1 Å². The number of aromatic nitrogens is 2. The van der Waals surface area contributed by atoms with Crippen molar-refractivity contribution in [2.75, 3.05) is 14.1 Å². The van der Waals surface area contributed by atoms with E-state index in [1.54, 1.807) is 11.6 Å². The smallest absolute Gasteiger partial charge is 0.303 e. The summed E-state index contributed by atoms with van der Waals surface area (Å²) in [7, 11) is -1.59. The molecule has 3 aromatic rings. The SMILES string of the molecule is Cc1onc(-c2ccccc2)c1COc1cc(F)c(C(=O)NS(=O)(=O)N(C)C)cn1. The van der Waals surface area contributed by atoms with E-state index in [9.17, 15) is 17.6 Å². The molecule has 1 aromatic carbocycles. The second-order valence-corrected chi connectivity index (χ2v) is 8.33. The number of carbonyl (C=O) groups excluding carboxylic acids is 1. The zero-order valence-electron chi connectivity index (χ0n) is 16.4. The molecule has 0 aliphatic heterocycles. The molecule has 1 N–H and O–H groups in total. The Labute approximate surface area is 172 Å². The predicted molar refractivity (Wildman–Crippen MR) is 105 cm³/mol. The van der Waals surface area contributed by atoms with E-state index in [-0.39, 0.29) is 12.5 Å². The molecule has 0 radical (unpaired) electrons. The average molecular weight is 434 g/mol. The molecule has 0 saturated heterocycles. The van der Waals surface area contributed by atoms with Gasteiger partial charge in [0.2, 0.25) is 5.88 Å². The van der Waals surface area contributed by atoms with Gasteiger partial charge in [-0.15, -0.1) is 0 Å². The Hall–Kier alpha value is -3.31. The van der Waals surface area contributed by atoms with E-state index in [1.165, 1.54) is 14.1 Å². The van der Waals surface area contributed by atoms with Crippen molar-refractivity contribution in [3.8, 4) is 17.1 Å². The number of nitrogens with one attached hydrogen (secondary N) is 1. The van der Waals surface area contributed by atoms with Gasteiger partial charge in [0.1, 0.15) is 23.9 Å². The summed E-state index contributed by atoms with van der Waals surface area (Å²) in [5, 5.41) is 4.04. The largest absolute Gasteiger partial charge is 0.472 e. The Morgan fingerprint density at radius 2 is 1.97 bits per heavy atom. The fourth-order valence-electron chi connectivity index (χ4n) is 2.45. The van der Waals surface area contributed by atoms with Crippen molar-refractivity contribution in [3.05, 3.63) is 65.3 Å². The highest BCUT2D eigenvalue weighted by molar-refractivity contribution is 7.87. The van der Waals surface area contributed by atoms with Crippen LogP contribution in [0.25, 0.3) is 11.3 Å². The van der Waals surface area contributed by atoms with Crippen molar-refractivity contribution in [2.45, 2.75) is 13.5 Å². The first-order chi connectivity index (χ1) is 14.2. The van der Waals surface area contributed by atoms with Crippen molar-refractivity contribution in [2.24, 2.45) is 0 Å². The fraction of sp³-hybridized carbons (Fsp3) is 0.211. The van der Waals surface area contributed by atoms with Crippen molar-refractivity contribution < 1.29 is 26.9 Å². The molecule has 0 bridgehead atoms. The van der Waals surface area contributed by atoms with Crippen LogP contribution in [0.15, 0.2) is 47.1 Å². The first kappa shape index (κ1) is 21.4. The molecule has 11 heteroatoms. The minimum atomic E-state index is -4.06. The third-order valence-corrected chi connectivity index (χ3v) is 5.58. The molecule has 0 unspecified atom stereocenters. The third kappa shape index (κ3) is 4.63. The highest BCUT2D eigenvalue weighted by Crippen LogP contribution is 2.26. The summed E-state index contributed by atoms with van der Waals surface area (Å²) in [4.78, 5) is 15.9. The van der Waals surface area contributed by atoms with Gasteiger partial charge < -0.3 is 9.26 Å². The molecule has 3 rings (SSSR count). The highest BCUT2D eigenvalue weighted by Gasteiger charge is 2.22. The van der Waals surface area contributed by atoms with Crippen LogP contribution in [0.3, 0.4) is 0 Å². The van der Waals surface area contributed by atoms with Gasteiger partial charge in [-0.05, 0) is 6.92 Å². The van der Waals surface area contributed by atoms with E-state index in [4.69, 9.17) is 9.26 Å². The van der Waals surface area contributed by atoms with Crippen LogP contribution in [0.4, 0.5) is 4.39 Å². The summed E-state index contributed by atoms with van der Waals surface area (Å²) >= 11 is 0. The Morgan fingerprint density at radius 3 is 2.60 bits per heavy atom. The second kappa shape index (κ2) is 8.59. The molecule has 2 heterocycles. The van der Waals surface area contributed by atoms with Crippen LogP contribution in [0.5, 0.6) is 5.88 Å². The van der Waals surface area contributed by atoms with Crippen LogP contribution < -0.4 is 9.46 Å². The summed E-state index contributed by atoms with van der Waals surface area (Å²) in [5.74, 6) is -1.66. The fourth-order valence-corrected chi connectivity index (χ4v) is 2.98. The van der Waals surface area contributed by atoms with Crippen LogP contribution in [0.2, 0.25) is 0 Å². The van der Waals surface area contributed by atoms with Gasteiger partial charge in [0, 0.05) is 31.9 Å². The Kier molecular flexibility index (Phi) is 6.13. The molecule has 0 aliphatic carbocycles. The second-order valence-electron chi connectivity index (χ2n) is 6.44. The lowest BCUT2D eigenvalue weighted by molar-refractivity contribution is 0.0975. The zero-order valence-corrected chi connectivity index (χ0v) is 17.2. The summed E-state index contributed by atoms with van der Waals surface area (Å²) in [6.07, 6.45) is 0.907. The van der Waals surface area contributed by atoms with E-state index in [0.29, 0.717) is 17.0 Å². The number of benzene rings is 1.